The zero-order valence-electron chi connectivity index (χ0n) is 18.9. The van der Waals surface area contributed by atoms with Crippen molar-refractivity contribution in [2.75, 3.05) is 36.4 Å². The van der Waals surface area contributed by atoms with Gasteiger partial charge < -0.3 is 15.1 Å². The number of aryl methyl sites for hydroxylation is 3. The number of rotatable bonds is 5. The minimum atomic E-state index is -0.119. The molecule has 0 atom stereocenters. The molecular formula is C24H29N5O2S. The van der Waals surface area contributed by atoms with E-state index in [9.17, 15) is 9.59 Å². The van der Waals surface area contributed by atoms with Gasteiger partial charge in [-0.3, -0.25) is 9.59 Å². The Hall–Kier alpha value is -3.00. The molecular weight excluding hydrogens is 422 g/mol. The number of thiazole rings is 1. The van der Waals surface area contributed by atoms with Gasteiger partial charge in [-0.05, 0) is 50.5 Å². The summed E-state index contributed by atoms with van der Waals surface area (Å²) in [6.07, 6.45) is 3.07. The van der Waals surface area contributed by atoms with Crippen LogP contribution >= 0.6 is 11.3 Å². The lowest BCUT2D eigenvalue weighted by Gasteiger charge is -2.21. The fourth-order valence-electron chi connectivity index (χ4n) is 4.21. The molecule has 32 heavy (non-hydrogen) atoms. The topological polar surface area (TPSA) is 78.4 Å². The minimum absolute atomic E-state index is 0.0327. The normalized spacial score (nSPS) is 14.5. The lowest BCUT2D eigenvalue weighted by atomic mass is 10.0. The number of nitrogens with zero attached hydrogens (tertiary/aromatic N) is 4. The van der Waals surface area contributed by atoms with E-state index in [0.29, 0.717) is 13.1 Å². The number of fused-ring (bicyclic) bond motifs is 1. The van der Waals surface area contributed by atoms with Crippen LogP contribution in [0.25, 0.3) is 10.3 Å². The maximum absolute atomic E-state index is 12.8. The number of pyridine rings is 1. The molecule has 1 saturated heterocycles. The molecule has 1 aliphatic rings. The van der Waals surface area contributed by atoms with Gasteiger partial charge in [0.05, 0.1) is 0 Å². The summed E-state index contributed by atoms with van der Waals surface area (Å²) in [6.45, 7) is 8.96. The van der Waals surface area contributed by atoms with Crippen molar-refractivity contribution in [3.05, 3.63) is 47.2 Å². The quantitative estimate of drug-likeness (QED) is 0.633. The maximum atomic E-state index is 12.8. The lowest BCUT2D eigenvalue weighted by Crippen LogP contribution is -2.35. The lowest BCUT2D eigenvalue weighted by molar-refractivity contribution is -0.132. The second-order valence-corrected chi connectivity index (χ2v) is 9.32. The summed E-state index contributed by atoms with van der Waals surface area (Å²) in [5.74, 6) is -0.0860. The predicted octanol–water partition coefficient (Wildman–Crippen LogP) is 4.07. The van der Waals surface area contributed by atoms with Gasteiger partial charge in [0.25, 0.3) is 0 Å². The molecule has 4 rings (SSSR count). The Morgan fingerprint density at radius 2 is 1.84 bits per heavy atom. The second kappa shape index (κ2) is 9.65. The van der Waals surface area contributed by atoms with Crippen LogP contribution in [-0.2, 0) is 9.59 Å². The summed E-state index contributed by atoms with van der Waals surface area (Å²) < 4.78 is 0. The molecule has 1 N–H and O–H groups in total. The van der Waals surface area contributed by atoms with Gasteiger partial charge in [-0.15, -0.1) is 0 Å². The van der Waals surface area contributed by atoms with Gasteiger partial charge in [-0.1, -0.05) is 29.0 Å². The van der Waals surface area contributed by atoms with Crippen LogP contribution in [0.5, 0.6) is 0 Å². The highest BCUT2D eigenvalue weighted by molar-refractivity contribution is 7.21. The van der Waals surface area contributed by atoms with Crippen LogP contribution in [0, 0.1) is 20.8 Å². The Labute approximate surface area is 192 Å². The van der Waals surface area contributed by atoms with E-state index in [4.69, 9.17) is 4.98 Å². The Morgan fingerprint density at radius 1 is 1.06 bits per heavy atom. The van der Waals surface area contributed by atoms with Crippen molar-refractivity contribution >= 4 is 44.3 Å². The first-order valence-electron chi connectivity index (χ1n) is 11.0. The number of aromatic nitrogens is 2. The molecule has 0 aliphatic carbocycles. The van der Waals surface area contributed by atoms with Crippen LogP contribution in [0.1, 0.15) is 36.0 Å². The molecule has 7 nitrogen and oxygen atoms in total. The molecule has 1 aliphatic heterocycles. The van der Waals surface area contributed by atoms with E-state index in [1.165, 1.54) is 5.56 Å². The van der Waals surface area contributed by atoms with Crippen molar-refractivity contribution in [1.82, 2.24) is 14.9 Å². The van der Waals surface area contributed by atoms with E-state index in [2.05, 4.69) is 27.3 Å². The summed E-state index contributed by atoms with van der Waals surface area (Å²) in [6, 6.07) is 7.98. The van der Waals surface area contributed by atoms with Crippen LogP contribution in [0.2, 0.25) is 0 Å². The first-order valence-corrected chi connectivity index (χ1v) is 11.8. The highest BCUT2D eigenvalue weighted by Gasteiger charge is 2.22. The minimum Gasteiger partial charge on any atom is -0.346 e. The van der Waals surface area contributed by atoms with Crippen molar-refractivity contribution in [1.29, 1.82) is 0 Å². The Balaban J connectivity index is 1.30. The molecule has 0 radical (unpaired) electrons. The van der Waals surface area contributed by atoms with Crippen molar-refractivity contribution in [3.8, 4) is 0 Å². The molecule has 0 unspecified atom stereocenters. The smallest absolute Gasteiger partial charge is 0.224 e. The van der Waals surface area contributed by atoms with Crippen LogP contribution < -0.4 is 10.2 Å². The number of nitrogens with one attached hydrogen (secondary N) is 1. The number of hydrogen-bond acceptors (Lipinski definition) is 6. The van der Waals surface area contributed by atoms with Gasteiger partial charge in [0, 0.05) is 50.9 Å². The fraction of sp³-hybridized carbons (Fsp3) is 0.417. The number of anilines is 2. The van der Waals surface area contributed by atoms with E-state index in [-0.39, 0.29) is 24.7 Å². The number of hydrogen-bond donors (Lipinski definition) is 1. The number of carbonyl (C=O) groups is 2. The number of benzene rings is 1. The summed E-state index contributed by atoms with van der Waals surface area (Å²) in [4.78, 5) is 39.4. The largest absolute Gasteiger partial charge is 0.346 e. The summed E-state index contributed by atoms with van der Waals surface area (Å²) >= 11 is 1.59. The van der Waals surface area contributed by atoms with Gasteiger partial charge in [0.1, 0.15) is 10.3 Å². The van der Waals surface area contributed by atoms with Crippen molar-refractivity contribution in [3.63, 3.8) is 0 Å². The molecule has 0 saturated carbocycles. The van der Waals surface area contributed by atoms with Crippen LogP contribution in [-0.4, -0.2) is 52.9 Å². The third-order valence-corrected chi connectivity index (χ3v) is 6.82. The maximum Gasteiger partial charge on any atom is 0.224 e. The highest BCUT2D eigenvalue weighted by Crippen LogP contribution is 2.28. The first-order chi connectivity index (χ1) is 15.4. The number of carbonyl (C=O) groups excluding carboxylic acids is 2. The molecule has 2 amide bonds. The zero-order chi connectivity index (χ0) is 22.7. The summed E-state index contributed by atoms with van der Waals surface area (Å²) in [7, 11) is 0. The average molecular weight is 452 g/mol. The molecule has 168 valence electrons. The van der Waals surface area contributed by atoms with Crippen molar-refractivity contribution in [2.24, 2.45) is 0 Å². The van der Waals surface area contributed by atoms with Gasteiger partial charge in [0.2, 0.25) is 11.8 Å². The van der Waals surface area contributed by atoms with Crippen molar-refractivity contribution in [2.45, 2.75) is 40.0 Å². The standard InChI is InChI=1S/C24H29N5O2S/c1-16-14-17(2)22(18(3)15-16)27-20(30)7-8-21(31)28-10-5-11-29(13-12-28)24-26-19-6-4-9-25-23(19)32-24/h4,6,9,14-15H,5,7-8,10-13H2,1-3H3,(H,27,30). The van der Waals surface area contributed by atoms with Crippen LogP contribution in [0.3, 0.4) is 0 Å². The van der Waals surface area contributed by atoms with E-state index in [1.807, 2.05) is 37.8 Å². The Kier molecular flexibility index (Phi) is 6.69. The first kappa shape index (κ1) is 22.2. The summed E-state index contributed by atoms with van der Waals surface area (Å²) in [5.41, 5.74) is 5.02. The molecule has 0 bridgehead atoms. The molecule has 0 spiro atoms. The van der Waals surface area contributed by atoms with Gasteiger partial charge in [-0.2, -0.15) is 0 Å². The monoisotopic (exact) mass is 451 g/mol. The highest BCUT2D eigenvalue weighted by atomic mass is 32.1. The van der Waals surface area contributed by atoms with E-state index in [1.54, 1.807) is 17.5 Å². The van der Waals surface area contributed by atoms with Crippen LogP contribution in [0.15, 0.2) is 30.5 Å². The number of amides is 2. The van der Waals surface area contributed by atoms with Gasteiger partial charge in [0.15, 0.2) is 5.13 Å². The molecule has 1 fully saturated rings. The molecule has 3 aromatic rings. The predicted molar refractivity (Wildman–Crippen MR) is 129 cm³/mol. The van der Waals surface area contributed by atoms with Crippen LogP contribution in [0.4, 0.5) is 10.8 Å². The molecule has 1 aromatic carbocycles. The SMILES string of the molecule is Cc1cc(C)c(NC(=O)CCC(=O)N2CCCN(c3nc4cccnc4s3)CC2)c(C)c1. The Morgan fingerprint density at radius 3 is 2.59 bits per heavy atom. The van der Waals surface area contributed by atoms with E-state index < -0.39 is 0 Å². The second-order valence-electron chi connectivity index (χ2n) is 8.37. The average Bonchev–Trinajstić information content (AvgIpc) is 3.03. The van der Waals surface area contributed by atoms with E-state index in [0.717, 1.165) is 51.8 Å². The van der Waals surface area contributed by atoms with Gasteiger partial charge >= 0.3 is 0 Å². The Bertz CT molecular complexity index is 1090. The zero-order valence-corrected chi connectivity index (χ0v) is 19.7. The third kappa shape index (κ3) is 5.07. The van der Waals surface area contributed by atoms with E-state index >= 15 is 0 Å². The molecule has 2 aromatic heterocycles. The fourth-order valence-corrected chi connectivity index (χ4v) is 5.17. The van der Waals surface area contributed by atoms with Gasteiger partial charge in [-0.25, -0.2) is 9.97 Å². The summed E-state index contributed by atoms with van der Waals surface area (Å²) in [5, 5.41) is 3.94. The third-order valence-electron chi connectivity index (χ3n) is 5.78. The molecule has 3 heterocycles. The van der Waals surface area contributed by atoms with Crippen molar-refractivity contribution < 1.29 is 9.59 Å². The molecule has 8 heteroatoms.